The molecule has 0 bridgehead atoms. The summed E-state index contributed by atoms with van der Waals surface area (Å²) >= 11 is 1.64. The molecule has 8 heteroatoms. The summed E-state index contributed by atoms with van der Waals surface area (Å²) in [5, 5.41) is 12.9. The van der Waals surface area contributed by atoms with Crippen molar-refractivity contribution in [2.75, 3.05) is 20.1 Å². The van der Waals surface area contributed by atoms with E-state index in [0.717, 1.165) is 47.2 Å². The third-order valence-corrected chi connectivity index (χ3v) is 6.25. The van der Waals surface area contributed by atoms with E-state index in [1.165, 1.54) is 0 Å². The van der Waals surface area contributed by atoms with Gasteiger partial charge in [0.05, 0.1) is 28.5 Å². The van der Waals surface area contributed by atoms with Crippen molar-refractivity contribution < 1.29 is 4.79 Å². The van der Waals surface area contributed by atoms with Crippen LogP contribution in [0.3, 0.4) is 0 Å². The van der Waals surface area contributed by atoms with Gasteiger partial charge >= 0.3 is 0 Å². The van der Waals surface area contributed by atoms with Crippen molar-refractivity contribution in [2.24, 2.45) is 0 Å². The van der Waals surface area contributed by atoms with Crippen LogP contribution in [0.4, 0.5) is 0 Å². The fourth-order valence-electron chi connectivity index (χ4n) is 3.39. The molecule has 3 heterocycles. The fraction of sp³-hybridized carbons (Fsp3) is 0.647. The molecule has 1 atom stereocenters. The standard InChI is InChI=1S/C17H26N6OS/c1-10-16(25-13(4)19-10)12(3)22(5)17(24)15-11(2)23(21-20-15)14-6-8-18-9-7-14/h12,14,18H,6-9H2,1-5H3. The average Bonchev–Trinajstić information content (AvgIpc) is 3.15. The van der Waals surface area contributed by atoms with Crippen LogP contribution in [0.15, 0.2) is 0 Å². The Morgan fingerprint density at radius 3 is 2.60 bits per heavy atom. The minimum absolute atomic E-state index is 0.0397. The van der Waals surface area contributed by atoms with Crippen molar-refractivity contribution >= 4 is 17.2 Å². The minimum atomic E-state index is -0.0874. The maximum atomic E-state index is 13.0. The molecule has 1 aliphatic heterocycles. The number of thiazole rings is 1. The van der Waals surface area contributed by atoms with Gasteiger partial charge in [0.1, 0.15) is 0 Å². The Bertz CT molecular complexity index is 761. The number of carbonyl (C=O) groups excluding carboxylic acids is 1. The Balaban J connectivity index is 1.80. The molecule has 3 rings (SSSR count). The van der Waals surface area contributed by atoms with E-state index in [2.05, 4.69) is 20.6 Å². The molecule has 0 aliphatic carbocycles. The highest BCUT2D eigenvalue weighted by atomic mass is 32.1. The van der Waals surface area contributed by atoms with E-state index < -0.39 is 0 Å². The van der Waals surface area contributed by atoms with Gasteiger partial charge < -0.3 is 10.2 Å². The van der Waals surface area contributed by atoms with E-state index in [-0.39, 0.29) is 11.9 Å². The van der Waals surface area contributed by atoms with E-state index in [1.54, 1.807) is 16.2 Å². The highest BCUT2D eigenvalue weighted by Gasteiger charge is 2.28. The van der Waals surface area contributed by atoms with Gasteiger partial charge in [-0.05, 0) is 53.6 Å². The molecule has 0 radical (unpaired) electrons. The number of piperidine rings is 1. The lowest BCUT2D eigenvalue weighted by Crippen LogP contribution is -2.31. The Morgan fingerprint density at radius 1 is 1.32 bits per heavy atom. The van der Waals surface area contributed by atoms with Crippen molar-refractivity contribution in [1.82, 2.24) is 30.2 Å². The Hall–Kier alpha value is -1.80. The van der Waals surface area contributed by atoms with E-state index in [9.17, 15) is 4.79 Å². The number of aromatic nitrogens is 4. The largest absolute Gasteiger partial charge is 0.333 e. The summed E-state index contributed by atoms with van der Waals surface area (Å²) in [6.45, 7) is 9.92. The second-order valence-corrected chi connectivity index (χ2v) is 7.96. The molecule has 0 aromatic carbocycles. The Labute approximate surface area is 152 Å². The Kier molecular flexibility index (Phi) is 5.19. The summed E-state index contributed by atoms with van der Waals surface area (Å²) < 4.78 is 1.93. The zero-order chi connectivity index (χ0) is 18.1. The number of amides is 1. The van der Waals surface area contributed by atoms with Crippen LogP contribution in [0, 0.1) is 20.8 Å². The van der Waals surface area contributed by atoms with Gasteiger partial charge in [-0.25, -0.2) is 9.67 Å². The lowest BCUT2D eigenvalue weighted by Gasteiger charge is -2.25. The lowest BCUT2D eigenvalue weighted by molar-refractivity contribution is 0.0737. The van der Waals surface area contributed by atoms with E-state index >= 15 is 0 Å². The molecule has 1 saturated heterocycles. The summed E-state index contributed by atoms with van der Waals surface area (Å²) in [4.78, 5) is 20.3. The molecule has 2 aromatic rings. The fourth-order valence-corrected chi connectivity index (χ4v) is 4.41. The molecule has 1 N–H and O–H groups in total. The van der Waals surface area contributed by atoms with Crippen LogP contribution in [0.5, 0.6) is 0 Å². The molecular formula is C17H26N6OS. The SMILES string of the molecule is Cc1nc(C)c(C(C)N(C)C(=O)c2nnn(C3CCNCC3)c2C)s1. The van der Waals surface area contributed by atoms with Crippen molar-refractivity contribution in [3.63, 3.8) is 0 Å². The quantitative estimate of drug-likeness (QED) is 0.904. The molecule has 1 fully saturated rings. The Morgan fingerprint density at radius 2 is 2.00 bits per heavy atom. The first-order valence-electron chi connectivity index (χ1n) is 8.73. The van der Waals surface area contributed by atoms with Crippen LogP contribution >= 0.6 is 11.3 Å². The van der Waals surface area contributed by atoms with E-state index in [0.29, 0.717) is 11.7 Å². The number of nitrogens with zero attached hydrogens (tertiary/aromatic N) is 5. The zero-order valence-electron chi connectivity index (χ0n) is 15.5. The van der Waals surface area contributed by atoms with Crippen LogP contribution < -0.4 is 5.32 Å². The molecule has 25 heavy (non-hydrogen) atoms. The summed E-state index contributed by atoms with van der Waals surface area (Å²) in [6, 6.07) is 0.284. The average molecular weight is 363 g/mol. The summed E-state index contributed by atoms with van der Waals surface area (Å²) in [6.07, 6.45) is 2.03. The van der Waals surface area contributed by atoms with Gasteiger partial charge in [0, 0.05) is 11.9 Å². The molecule has 1 unspecified atom stereocenters. The second kappa shape index (κ2) is 7.21. The topological polar surface area (TPSA) is 75.9 Å². The van der Waals surface area contributed by atoms with Gasteiger partial charge in [-0.15, -0.1) is 16.4 Å². The van der Waals surface area contributed by atoms with Gasteiger partial charge in [0.25, 0.3) is 5.91 Å². The maximum Gasteiger partial charge on any atom is 0.276 e. The van der Waals surface area contributed by atoms with Crippen molar-refractivity contribution in [1.29, 1.82) is 0 Å². The first-order valence-corrected chi connectivity index (χ1v) is 9.55. The number of aryl methyl sites for hydroxylation is 2. The normalized spacial score (nSPS) is 16.8. The molecule has 1 aliphatic rings. The van der Waals surface area contributed by atoms with Gasteiger partial charge in [-0.1, -0.05) is 5.21 Å². The lowest BCUT2D eigenvalue weighted by atomic mass is 10.1. The first kappa shape index (κ1) is 18.0. The van der Waals surface area contributed by atoms with Crippen LogP contribution in [0.2, 0.25) is 0 Å². The molecule has 136 valence electrons. The van der Waals surface area contributed by atoms with Crippen LogP contribution in [0.1, 0.15) is 63.6 Å². The third kappa shape index (κ3) is 3.46. The predicted octanol–water partition coefficient (Wildman–Crippen LogP) is 2.42. The molecule has 1 amide bonds. The smallest absolute Gasteiger partial charge is 0.276 e. The van der Waals surface area contributed by atoms with Crippen molar-refractivity contribution in [2.45, 2.75) is 52.6 Å². The van der Waals surface area contributed by atoms with Crippen LogP contribution in [0.25, 0.3) is 0 Å². The maximum absolute atomic E-state index is 13.0. The molecule has 7 nitrogen and oxygen atoms in total. The van der Waals surface area contributed by atoms with Gasteiger partial charge in [-0.2, -0.15) is 0 Å². The van der Waals surface area contributed by atoms with E-state index in [4.69, 9.17) is 0 Å². The molecule has 2 aromatic heterocycles. The molecule has 0 saturated carbocycles. The van der Waals surface area contributed by atoms with Crippen molar-refractivity contribution in [3.05, 3.63) is 27.0 Å². The van der Waals surface area contributed by atoms with Gasteiger partial charge in [0.2, 0.25) is 0 Å². The summed E-state index contributed by atoms with van der Waals surface area (Å²) in [7, 11) is 1.82. The monoisotopic (exact) mass is 362 g/mol. The predicted molar refractivity (Wildman–Crippen MR) is 98.0 cm³/mol. The third-order valence-electron chi connectivity index (χ3n) is 5.00. The summed E-state index contributed by atoms with van der Waals surface area (Å²) in [5.74, 6) is -0.0874. The molecule has 0 spiro atoms. The highest BCUT2D eigenvalue weighted by molar-refractivity contribution is 7.11. The van der Waals surface area contributed by atoms with Crippen LogP contribution in [-0.2, 0) is 0 Å². The summed E-state index contributed by atoms with van der Waals surface area (Å²) in [5.41, 5.74) is 2.30. The number of rotatable bonds is 4. The second-order valence-electron chi connectivity index (χ2n) is 6.72. The first-order chi connectivity index (χ1) is 11.9. The van der Waals surface area contributed by atoms with Crippen molar-refractivity contribution in [3.8, 4) is 0 Å². The highest BCUT2D eigenvalue weighted by Crippen LogP contribution is 2.29. The van der Waals surface area contributed by atoms with Gasteiger partial charge in [-0.3, -0.25) is 4.79 Å². The van der Waals surface area contributed by atoms with Crippen LogP contribution in [-0.4, -0.2) is 50.9 Å². The van der Waals surface area contributed by atoms with Gasteiger partial charge in [0.15, 0.2) is 5.69 Å². The molecular weight excluding hydrogens is 336 g/mol. The zero-order valence-corrected chi connectivity index (χ0v) is 16.4. The number of carbonyl (C=O) groups is 1. The number of hydrogen-bond acceptors (Lipinski definition) is 6. The number of hydrogen-bond donors (Lipinski definition) is 1. The number of nitrogens with one attached hydrogen (secondary N) is 1. The minimum Gasteiger partial charge on any atom is -0.333 e. The van der Waals surface area contributed by atoms with E-state index in [1.807, 2.05) is 39.4 Å².